The van der Waals surface area contributed by atoms with Crippen molar-refractivity contribution in [3.05, 3.63) is 106 Å². The first-order chi connectivity index (χ1) is 15.3. The summed E-state index contributed by atoms with van der Waals surface area (Å²) in [5, 5.41) is 7.67. The van der Waals surface area contributed by atoms with E-state index in [9.17, 15) is 18.0 Å². The molecule has 0 spiro atoms. The van der Waals surface area contributed by atoms with Crippen LogP contribution in [0.5, 0.6) is 0 Å². The molecule has 1 atom stereocenters. The average molecular weight is 454 g/mol. The van der Waals surface area contributed by atoms with Crippen molar-refractivity contribution in [2.75, 3.05) is 4.90 Å². The zero-order valence-corrected chi connectivity index (χ0v) is 17.2. The van der Waals surface area contributed by atoms with Crippen molar-refractivity contribution < 1.29 is 18.0 Å². The Kier molecular flexibility index (Phi) is 4.78. The summed E-state index contributed by atoms with van der Waals surface area (Å²) >= 11 is 6.05. The molecule has 0 bridgehead atoms. The Morgan fingerprint density at radius 3 is 2.34 bits per heavy atom. The molecule has 1 aliphatic heterocycles. The van der Waals surface area contributed by atoms with Crippen LogP contribution in [0.15, 0.2) is 78.9 Å². The van der Waals surface area contributed by atoms with Gasteiger partial charge in [-0.3, -0.25) is 14.8 Å². The van der Waals surface area contributed by atoms with Crippen LogP contribution in [-0.4, -0.2) is 16.1 Å². The number of carbonyl (C=O) groups excluding carboxylic acids is 1. The largest absolute Gasteiger partial charge is 0.416 e. The summed E-state index contributed by atoms with van der Waals surface area (Å²) in [6, 6.07) is 20.3. The summed E-state index contributed by atoms with van der Waals surface area (Å²) in [6.07, 6.45) is -4.53. The summed E-state index contributed by atoms with van der Waals surface area (Å²) in [4.78, 5) is 14.8. The zero-order chi connectivity index (χ0) is 22.5. The van der Waals surface area contributed by atoms with E-state index >= 15 is 0 Å². The molecule has 3 aromatic carbocycles. The molecule has 0 aliphatic carbocycles. The Bertz CT molecular complexity index is 1300. The fourth-order valence-electron chi connectivity index (χ4n) is 4.02. The van der Waals surface area contributed by atoms with E-state index in [1.165, 1.54) is 17.0 Å². The highest BCUT2D eigenvalue weighted by Crippen LogP contribution is 2.46. The van der Waals surface area contributed by atoms with Gasteiger partial charge in [-0.05, 0) is 35.9 Å². The van der Waals surface area contributed by atoms with E-state index in [-0.39, 0.29) is 11.4 Å². The van der Waals surface area contributed by atoms with E-state index in [1.54, 1.807) is 24.3 Å². The fourth-order valence-corrected chi connectivity index (χ4v) is 4.15. The molecule has 0 fully saturated rings. The number of halogens is 4. The van der Waals surface area contributed by atoms with Crippen LogP contribution < -0.4 is 4.90 Å². The van der Waals surface area contributed by atoms with Gasteiger partial charge in [-0.25, -0.2) is 0 Å². The molecule has 1 N–H and O–H groups in total. The van der Waals surface area contributed by atoms with Crippen LogP contribution >= 0.6 is 11.6 Å². The SMILES string of the molecule is O=C1c2[nH]nc(-c3ccccc3)c2C(c2ccc(Cl)cc2)N1c1cccc(C(F)(F)F)c1. The summed E-state index contributed by atoms with van der Waals surface area (Å²) in [7, 11) is 0. The van der Waals surface area contributed by atoms with E-state index < -0.39 is 23.7 Å². The van der Waals surface area contributed by atoms with E-state index in [4.69, 9.17) is 11.6 Å². The summed E-state index contributed by atoms with van der Waals surface area (Å²) in [5.74, 6) is -0.450. The van der Waals surface area contributed by atoms with Gasteiger partial charge < -0.3 is 0 Å². The van der Waals surface area contributed by atoms with Gasteiger partial charge in [0, 0.05) is 21.8 Å². The molecule has 1 aromatic heterocycles. The third-order valence-corrected chi connectivity index (χ3v) is 5.70. The maximum Gasteiger partial charge on any atom is 0.416 e. The number of hydrogen-bond donors (Lipinski definition) is 1. The molecule has 0 saturated heterocycles. The lowest BCUT2D eigenvalue weighted by Crippen LogP contribution is -2.29. The second-order valence-electron chi connectivity index (χ2n) is 7.40. The Morgan fingerprint density at radius 1 is 0.938 bits per heavy atom. The van der Waals surface area contributed by atoms with Crippen molar-refractivity contribution in [2.45, 2.75) is 12.2 Å². The third-order valence-electron chi connectivity index (χ3n) is 5.45. The van der Waals surface area contributed by atoms with Crippen molar-refractivity contribution in [3.63, 3.8) is 0 Å². The molecule has 2 heterocycles. The predicted octanol–water partition coefficient (Wildman–Crippen LogP) is 6.50. The zero-order valence-electron chi connectivity index (χ0n) is 16.4. The molecule has 1 amide bonds. The third kappa shape index (κ3) is 3.35. The molecule has 160 valence electrons. The molecule has 0 saturated carbocycles. The van der Waals surface area contributed by atoms with Crippen molar-refractivity contribution in [1.82, 2.24) is 10.2 Å². The monoisotopic (exact) mass is 453 g/mol. The van der Waals surface area contributed by atoms with Gasteiger partial charge in [0.15, 0.2) is 0 Å². The lowest BCUT2D eigenvalue weighted by atomic mass is 9.96. The molecule has 4 aromatic rings. The molecule has 1 unspecified atom stereocenters. The lowest BCUT2D eigenvalue weighted by molar-refractivity contribution is -0.137. The number of amides is 1. The quantitative estimate of drug-likeness (QED) is 0.385. The normalized spacial score (nSPS) is 15.8. The van der Waals surface area contributed by atoms with Crippen LogP contribution in [0, 0.1) is 0 Å². The smallest absolute Gasteiger partial charge is 0.295 e. The Morgan fingerprint density at radius 2 is 1.66 bits per heavy atom. The fraction of sp³-hybridized carbons (Fsp3) is 0.0833. The highest BCUT2D eigenvalue weighted by atomic mass is 35.5. The molecule has 0 radical (unpaired) electrons. The van der Waals surface area contributed by atoms with Crippen molar-refractivity contribution in [3.8, 4) is 11.3 Å². The highest BCUT2D eigenvalue weighted by molar-refractivity contribution is 6.30. The van der Waals surface area contributed by atoms with Gasteiger partial charge in [0.1, 0.15) is 5.69 Å². The summed E-state index contributed by atoms with van der Waals surface area (Å²) < 4.78 is 40.1. The number of aromatic nitrogens is 2. The van der Waals surface area contributed by atoms with Crippen molar-refractivity contribution in [2.24, 2.45) is 0 Å². The minimum absolute atomic E-state index is 0.147. The number of fused-ring (bicyclic) bond motifs is 1. The Balaban J connectivity index is 1.71. The summed E-state index contributed by atoms with van der Waals surface area (Å²) in [5.41, 5.74) is 2.26. The van der Waals surface area contributed by atoms with Gasteiger partial charge in [0.2, 0.25) is 0 Å². The van der Waals surface area contributed by atoms with Gasteiger partial charge in [-0.1, -0.05) is 60.1 Å². The van der Waals surface area contributed by atoms with Crippen LogP contribution in [0.4, 0.5) is 18.9 Å². The first kappa shape index (κ1) is 20.3. The summed E-state index contributed by atoms with van der Waals surface area (Å²) in [6.45, 7) is 0. The number of benzene rings is 3. The maximum absolute atomic E-state index is 13.4. The van der Waals surface area contributed by atoms with Crippen molar-refractivity contribution >= 4 is 23.2 Å². The van der Waals surface area contributed by atoms with Gasteiger partial charge in [-0.2, -0.15) is 18.3 Å². The lowest BCUT2D eigenvalue weighted by Gasteiger charge is -2.27. The number of nitrogens with zero attached hydrogens (tertiary/aromatic N) is 2. The standard InChI is InChI=1S/C24H15ClF3N3O/c25-17-11-9-15(10-12-17)22-19-20(14-5-2-1-3-6-14)29-30-21(19)23(32)31(22)18-8-4-7-16(13-18)24(26,27)28/h1-13,22H,(H,29,30). The Labute approximate surface area is 186 Å². The van der Waals surface area contributed by atoms with Crippen LogP contribution in [-0.2, 0) is 6.18 Å². The first-order valence-corrected chi connectivity index (χ1v) is 10.1. The minimum Gasteiger partial charge on any atom is -0.295 e. The van der Waals surface area contributed by atoms with Crippen molar-refractivity contribution in [1.29, 1.82) is 0 Å². The van der Waals surface area contributed by atoms with Gasteiger partial charge in [0.05, 0.1) is 17.3 Å². The molecular weight excluding hydrogens is 439 g/mol. The Hall–Kier alpha value is -3.58. The second kappa shape index (κ2) is 7.53. The number of rotatable bonds is 3. The van der Waals surface area contributed by atoms with Crippen LogP contribution in [0.25, 0.3) is 11.3 Å². The van der Waals surface area contributed by atoms with E-state index in [1.807, 2.05) is 30.3 Å². The van der Waals surface area contributed by atoms with E-state index in [2.05, 4.69) is 10.2 Å². The first-order valence-electron chi connectivity index (χ1n) is 9.74. The second-order valence-corrected chi connectivity index (χ2v) is 7.84. The maximum atomic E-state index is 13.4. The number of carbonyl (C=O) groups is 1. The molecular formula is C24H15ClF3N3O. The van der Waals surface area contributed by atoms with Crippen LogP contribution in [0.2, 0.25) is 5.02 Å². The predicted molar refractivity (Wildman–Crippen MR) is 116 cm³/mol. The van der Waals surface area contributed by atoms with Crippen LogP contribution in [0.1, 0.15) is 33.2 Å². The molecule has 8 heteroatoms. The van der Waals surface area contributed by atoms with Gasteiger partial charge in [0.25, 0.3) is 5.91 Å². The molecule has 1 aliphatic rings. The number of hydrogen-bond acceptors (Lipinski definition) is 2. The topological polar surface area (TPSA) is 49.0 Å². The number of nitrogens with one attached hydrogen (secondary N) is 1. The van der Waals surface area contributed by atoms with Crippen LogP contribution in [0.3, 0.4) is 0 Å². The average Bonchev–Trinajstić information content (AvgIpc) is 3.34. The number of aromatic amines is 1. The minimum atomic E-state index is -4.53. The number of alkyl halides is 3. The number of H-pyrrole nitrogens is 1. The molecule has 32 heavy (non-hydrogen) atoms. The van der Waals surface area contributed by atoms with E-state index in [0.717, 1.165) is 17.7 Å². The van der Waals surface area contributed by atoms with Gasteiger partial charge >= 0.3 is 6.18 Å². The number of anilines is 1. The highest BCUT2D eigenvalue weighted by Gasteiger charge is 2.43. The van der Waals surface area contributed by atoms with E-state index in [0.29, 0.717) is 21.8 Å². The molecule has 5 rings (SSSR count). The van der Waals surface area contributed by atoms with Gasteiger partial charge in [-0.15, -0.1) is 0 Å². The molecule has 4 nitrogen and oxygen atoms in total.